The van der Waals surface area contributed by atoms with Crippen molar-refractivity contribution >= 4 is 16.5 Å². The topological polar surface area (TPSA) is 28.2 Å². The molecule has 1 N–H and O–H groups in total. The molecular weight excluding hydrogens is 242 g/mol. The van der Waals surface area contributed by atoms with Crippen molar-refractivity contribution < 1.29 is 0 Å². The summed E-state index contributed by atoms with van der Waals surface area (Å²) in [4.78, 5) is 8.12. The Hall–Kier alpha value is -0.610. The SMILES string of the molecule is CCCNC(C)c1cnc(N(C)CCC(C)C)s1. The normalized spacial score (nSPS) is 13.0. The van der Waals surface area contributed by atoms with Crippen molar-refractivity contribution in [1.82, 2.24) is 10.3 Å². The molecule has 1 unspecified atom stereocenters. The Balaban J connectivity index is 2.51. The number of hydrogen-bond donors (Lipinski definition) is 1. The fourth-order valence-electron chi connectivity index (χ4n) is 1.66. The van der Waals surface area contributed by atoms with E-state index < -0.39 is 0 Å². The average Bonchev–Trinajstić information content (AvgIpc) is 2.82. The first-order chi connectivity index (χ1) is 8.54. The van der Waals surface area contributed by atoms with Crippen LogP contribution in [0.2, 0.25) is 0 Å². The van der Waals surface area contributed by atoms with Crippen LogP contribution in [-0.4, -0.2) is 25.1 Å². The Morgan fingerprint density at radius 2 is 2.11 bits per heavy atom. The summed E-state index contributed by atoms with van der Waals surface area (Å²) in [6.07, 6.45) is 4.40. The second kappa shape index (κ2) is 7.74. The highest BCUT2D eigenvalue weighted by atomic mass is 32.1. The van der Waals surface area contributed by atoms with Crippen molar-refractivity contribution in [3.63, 3.8) is 0 Å². The van der Waals surface area contributed by atoms with Crippen LogP contribution in [0.3, 0.4) is 0 Å². The first-order valence-corrected chi connectivity index (χ1v) is 7.76. The Labute approximate surface area is 116 Å². The van der Waals surface area contributed by atoms with E-state index in [4.69, 9.17) is 0 Å². The Bertz CT molecular complexity index is 336. The minimum absolute atomic E-state index is 0.412. The molecule has 1 aromatic heterocycles. The fourth-order valence-corrected chi connectivity index (χ4v) is 2.59. The summed E-state index contributed by atoms with van der Waals surface area (Å²) < 4.78 is 0. The lowest BCUT2D eigenvalue weighted by Crippen LogP contribution is -2.19. The molecule has 0 aliphatic heterocycles. The van der Waals surface area contributed by atoms with Crippen LogP contribution in [0.5, 0.6) is 0 Å². The third-order valence-corrected chi connectivity index (χ3v) is 4.30. The quantitative estimate of drug-likeness (QED) is 0.780. The highest BCUT2D eigenvalue weighted by molar-refractivity contribution is 7.15. The maximum Gasteiger partial charge on any atom is 0.185 e. The van der Waals surface area contributed by atoms with Crippen LogP contribution in [0.1, 0.15) is 51.5 Å². The highest BCUT2D eigenvalue weighted by Gasteiger charge is 2.11. The number of aromatic nitrogens is 1. The lowest BCUT2D eigenvalue weighted by atomic mass is 10.1. The lowest BCUT2D eigenvalue weighted by Gasteiger charge is -2.17. The molecule has 0 aromatic carbocycles. The molecule has 1 heterocycles. The Kier molecular flexibility index (Phi) is 6.65. The van der Waals surface area contributed by atoms with Gasteiger partial charge in [0, 0.05) is 30.7 Å². The molecule has 18 heavy (non-hydrogen) atoms. The lowest BCUT2D eigenvalue weighted by molar-refractivity contribution is 0.577. The number of hydrogen-bond acceptors (Lipinski definition) is 4. The summed E-state index contributed by atoms with van der Waals surface area (Å²) in [7, 11) is 2.13. The number of nitrogens with zero attached hydrogens (tertiary/aromatic N) is 2. The van der Waals surface area contributed by atoms with E-state index in [1.54, 1.807) is 11.3 Å². The van der Waals surface area contributed by atoms with Gasteiger partial charge in [0.05, 0.1) is 0 Å². The summed E-state index contributed by atoms with van der Waals surface area (Å²) in [6.45, 7) is 11.1. The van der Waals surface area contributed by atoms with E-state index in [0.29, 0.717) is 6.04 Å². The zero-order valence-corrected chi connectivity index (χ0v) is 13.2. The molecule has 1 aromatic rings. The molecule has 0 saturated carbocycles. The van der Waals surface area contributed by atoms with Gasteiger partial charge in [0.15, 0.2) is 5.13 Å². The van der Waals surface area contributed by atoms with E-state index in [1.165, 1.54) is 17.7 Å². The Morgan fingerprint density at radius 3 is 2.72 bits per heavy atom. The summed E-state index contributed by atoms with van der Waals surface area (Å²) in [5.74, 6) is 0.747. The van der Waals surface area contributed by atoms with Crippen molar-refractivity contribution in [1.29, 1.82) is 0 Å². The molecule has 3 nitrogen and oxygen atoms in total. The molecule has 104 valence electrons. The fraction of sp³-hybridized carbons (Fsp3) is 0.786. The van der Waals surface area contributed by atoms with E-state index >= 15 is 0 Å². The van der Waals surface area contributed by atoms with Gasteiger partial charge in [-0.1, -0.05) is 20.8 Å². The van der Waals surface area contributed by atoms with Crippen molar-refractivity contribution in [2.75, 3.05) is 25.0 Å². The second-order valence-electron chi connectivity index (χ2n) is 5.33. The van der Waals surface area contributed by atoms with E-state index in [2.05, 4.69) is 49.9 Å². The van der Waals surface area contributed by atoms with Gasteiger partial charge in [-0.25, -0.2) is 4.98 Å². The first kappa shape index (κ1) is 15.4. The molecule has 0 saturated heterocycles. The maximum absolute atomic E-state index is 4.53. The smallest absolute Gasteiger partial charge is 0.185 e. The molecule has 0 radical (unpaired) electrons. The van der Waals surface area contributed by atoms with Crippen molar-refractivity contribution in [2.24, 2.45) is 5.92 Å². The van der Waals surface area contributed by atoms with E-state index in [-0.39, 0.29) is 0 Å². The zero-order valence-electron chi connectivity index (χ0n) is 12.4. The zero-order chi connectivity index (χ0) is 13.5. The van der Waals surface area contributed by atoms with E-state index in [1.807, 2.05) is 6.20 Å². The summed E-state index contributed by atoms with van der Waals surface area (Å²) in [5, 5.41) is 4.64. The van der Waals surface area contributed by atoms with Crippen LogP contribution in [0.25, 0.3) is 0 Å². The minimum atomic E-state index is 0.412. The van der Waals surface area contributed by atoms with E-state index in [0.717, 1.165) is 24.1 Å². The van der Waals surface area contributed by atoms with E-state index in [9.17, 15) is 0 Å². The van der Waals surface area contributed by atoms with Gasteiger partial charge < -0.3 is 10.2 Å². The molecule has 0 amide bonds. The summed E-state index contributed by atoms with van der Waals surface area (Å²) >= 11 is 1.80. The second-order valence-corrected chi connectivity index (χ2v) is 6.37. The average molecular weight is 269 g/mol. The Morgan fingerprint density at radius 1 is 1.39 bits per heavy atom. The van der Waals surface area contributed by atoms with Gasteiger partial charge >= 0.3 is 0 Å². The van der Waals surface area contributed by atoms with Gasteiger partial charge in [0.25, 0.3) is 0 Å². The van der Waals surface area contributed by atoms with Crippen LogP contribution < -0.4 is 10.2 Å². The molecule has 0 fully saturated rings. The monoisotopic (exact) mass is 269 g/mol. The number of rotatable bonds is 8. The van der Waals surface area contributed by atoms with Crippen LogP contribution >= 0.6 is 11.3 Å². The van der Waals surface area contributed by atoms with Gasteiger partial charge in [-0.15, -0.1) is 11.3 Å². The molecule has 1 rings (SSSR count). The van der Waals surface area contributed by atoms with Crippen LogP contribution in [0.4, 0.5) is 5.13 Å². The number of anilines is 1. The van der Waals surface area contributed by atoms with Gasteiger partial charge in [0.2, 0.25) is 0 Å². The van der Waals surface area contributed by atoms with Crippen molar-refractivity contribution in [3.05, 3.63) is 11.1 Å². The molecular formula is C14H27N3S. The van der Waals surface area contributed by atoms with Crippen LogP contribution in [0.15, 0.2) is 6.20 Å². The van der Waals surface area contributed by atoms with Gasteiger partial charge in [0.1, 0.15) is 0 Å². The van der Waals surface area contributed by atoms with Crippen molar-refractivity contribution in [3.8, 4) is 0 Å². The standard InChI is InChI=1S/C14H27N3S/c1-6-8-15-12(4)13-10-16-14(18-13)17(5)9-7-11(2)3/h10-12,15H,6-9H2,1-5H3. The molecule has 1 atom stereocenters. The predicted molar refractivity (Wildman–Crippen MR) is 81.5 cm³/mol. The molecule has 4 heteroatoms. The maximum atomic E-state index is 4.53. The third-order valence-electron chi connectivity index (χ3n) is 3.01. The number of nitrogens with one attached hydrogen (secondary N) is 1. The molecule has 0 bridgehead atoms. The van der Waals surface area contributed by atoms with Crippen LogP contribution in [0, 0.1) is 5.92 Å². The third kappa shape index (κ3) is 4.94. The van der Waals surface area contributed by atoms with Gasteiger partial charge in [-0.2, -0.15) is 0 Å². The molecule has 0 aliphatic carbocycles. The van der Waals surface area contributed by atoms with Crippen LogP contribution in [-0.2, 0) is 0 Å². The first-order valence-electron chi connectivity index (χ1n) is 6.94. The summed E-state index contributed by atoms with van der Waals surface area (Å²) in [5.41, 5.74) is 0. The minimum Gasteiger partial charge on any atom is -0.351 e. The molecule has 0 spiro atoms. The highest BCUT2D eigenvalue weighted by Crippen LogP contribution is 2.26. The van der Waals surface area contributed by atoms with Gasteiger partial charge in [-0.05, 0) is 32.2 Å². The predicted octanol–water partition coefficient (Wildman–Crippen LogP) is 3.69. The van der Waals surface area contributed by atoms with Crippen molar-refractivity contribution in [2.45, 2.75) is 46.6 Å². The molecule has 0 aliphatic rings. The number of thiazole rings is 1. The summed E-state index contributed by atoms with van der Waals surface area (Å²) in [6, 6.07) is 0.412. The largest absolute Gasteiger partial charge is 0.351 e. The van der Waals surface area contributed by atoms with Gasteiger partial charge in [-0.3, -0.25) is 0 Å².